The molecule has 0 amide bonds. The average Bonchev–Trinajstić information content (AvgIpc) is 2.33. The van der Waals surface area contributed by atoms with Crippen LogP contribution in [0.25, 0.3) is 0 Å². The van der Waals surface area contributed by atoms with Crippen molar-refractivity contribution in [3.63, 3.8) is 0 Å². The predicted molar refractivity (Wildman–Crippen MR) is 46.8 cm³/mol. The molecule has 1 aromatic carbocycles. The molecule has 0 saturated carbocycles. The van der Waals surface area contributed by atoms with Crippen molar-refractivity contribution < 1.29 is 4.79 Å². The number of fused-ring (bicyclic) bond motifs is 1. The quantitative estimate of drug-likeness (QED) is 0.585. The molecule has 0 aromatic heterocycles. The lowest BCUT2D eigenvalue weighted by atomic mass is 10.1. The van der Waals surface area contributed by atoms with Crippen molar-refractivity contribution in [3.8, 4) is 0 Å². The van der Waals surface area contributed by atoms with Gasteiger partial charge >= 0.3 is 0 Å². The molecule has 2 rings (SSSR count). The van der Waals surface area contributed by atoms with E-state index in [-0.39, 0.29) is 5.12 Å². The van der Waals surface area contributed by atoms with E-state index in [0.717, 1.165) is 11.3 Å². The highest BCUT2D eigenvalue weighted by Gasteiger charge is 2.19. The Morgan fingerprint density at radius 3 is 3.09 bits per heavy atom. The first kappa shape index (κ1) is 6.92. The van der Waals surface area contributed by atoms with Crippen LogP contribution in [0.4, 0.5) is 0 Å². The number of carbonyl (C=O) groups is 1. The standard InChI is InChI=1S/C9H8OS/c1-6-2-3-7-5-11-9(10)8(7)4-6/h2-4H,5H2,1H3. The zero-order chi connectivity index (χ0) is 7.84. The summed E-state index contributed by atoms with van der Waals surface area (Å²) in [7, 11) is 0. The molecule has 1 nitrogen and oxygen atoms in total. The van der Waals surface area contributed by atoms with E-state index in [1.54, 1.807) is 0 Å². The van der Waals surface area contributed by atoms with Crippen LogP contribution in [-0.2, 0) is 5.75 Å². The Bertz CT molecular complexity index is 317. The van der Waals surface area contributed by atoms with Gasteiger partial charge in [0.05, 0.1) is 0 Å². The zero-order valence-electron chi connectivity index (χ0n) is 6.26. The van der Waals surface area contributed by atoms with Crippen LogP contribution in [0.3, 0.4) is 0 Å². The van der Waals surface area contributed by atoms with Gasteiger partial charge in [0.25, 0.3) is 0 Å². The zero-order valence-corrected chi connectivity index (χ0v) is 7.07. The van der Waals surface area contributed by atoms with Gasteiger partial charge in [-0.1, -0.05) is 29.5 Å². The largest absolute Gasteiger partial charge is 0.282 e. The fraction of sp³-hybridized carbons (Fsp3) is 0.222. The summed E-state index contributed by atoms with van der Waals surface area (Å²) in [5.41, 5.74) is 3.26. The number of hydrogen-bond donors (Lipinski definition) is 0. The number of benzene rings is 1. The van der Waals surface area contributed by atoms with Crippen molar-refractivity contribution in [3.05, 3.63) is 34.9 Å². The third-order valence-electron chi connectivity index (χ3n) is 1.84. The van der Waals surface area contributed by atoms with Crippen molar-refractivity contribution in [2.24, 2.45) is 0 Å². The van der Waals surface area contributed by atoms with Gasteiger partial charge in [-0.3, -0.25) is 4.79 Å². The Balaban J connectivity index is 2.60. The first-order chi connectivity index (χ1) is 5.27. The van der Waals surface area contributed by atoms with Gasteiger partial charge in [-0.25, -0.2) is 0 Å². The molecule has 0 N–H and O–H groups in total. The normalized spacial score (nSPS) is 15.2. The van der Waals surface area contributed by atoms with Gasteiger partial charge in [-0.15, -0.1) is 0 Å². The lowest BCUT2D eigenvalue weighted by molar-refractivity contribution is 0.109. The SMILES string of the molecule is Cc1ccc2c(c1)C(=O)SC2. The molecule has 0 fully saturated rings. The molecule has 1 heterocycles. The molecule has 1 aliphatic heterocycles. The van der Waals surface area contributed by atoms with Crippen molar-refractivity contribution in [2.75, 3.05) is 0 Å². The van der Waals surface area contributed by atoms with Crippen molar-refractivity contribution in [1.29, 1.82) is 0 Å². The fourth-order valence-electron chi connectivity index (χ4n) is 1.23. The monoisotopic (exact) mass is 164 g/mol. The van der Waals surface area contributed by atoms with E-state index >= 15 is 0 Å². The summed E-state index contributed by atoms with van der Waals surface area (Å²) in [6, 6.07) is 6.07. The maximum Gasteiger partial charge on any atom is 0.219 e. The van der Waals surface area contributed by atoms with Crippen LogP contribution in [0.15, 0.2) is 18.2 Å². The Morgan fingerprint density at radius 1 is 1.45 bits per heavy atom. The van der Waals surface area contributed by atoms with Gasteiger partial charge < -0.3 is 0 Å². The number of rotatable bonds is 0. The Kier molecular flexibility index (Phi) is 1.50. The molecule has 0 spiro atoms. The van der Waals surface area contributed by atoms with E-state index < -0.39 is 0 Å². The van der Waals surface area contributed by atoms with E-state index in [1.807, 2.05) is 19.1 Å². The van der Waals surface area contributed by atoms with Gasteiger partial charge in [-0.2, -0.15) is 0 Å². The lowest BCUT2D eigenvalue weighted by Gasteiger charge is -1.96. The van der Waals surface area contributed by atoms with Crippen molar-refractivity contribution in [1.82, 2.24) is 0 Å². The molecular formula is C9H8OS. The van der Waals surface area contributed by atoms with Crippen LogP contribution < -0.4 is 0 Å². The van der Waals surface area contributed by atoms with Crippen LogP contribution >= 0.6 is 11.8 Å². The summed E-state index contributed by atoms with van der Waals surface area (Å²) in [6.45, 7) is 2.01. The van der Waals surface area contributed by atoms with Crippen LogP contribution in [0.1, 0.15) is 21.5 Å². The highest BCUT2D eigenvalue weighted by molar-refractivity contribution is 8.13. The molecule has 0 unspecified atom stereocenters. The minimum Gasteiger partial charge on any atom is -0.282 e. The molecule has 0 bridgehead atoms. The molecule has 2 heteroatoms. The van der Waals surface area contributed by atoms with Crippen molar-refractivity contribution >= 4 is 16.9 Å². The molecule has 56 valence electrons. The van der Waals surface area contributed by atoms with E-state index in [0.29, 0.717) is 0 Å². The highest BCUT2D eigenvalue weighted by Crippen LogP contribution is 2.29. The first-order valence-electron chi connectivity index (χ1n) is 3.54. The minimum atomic E-state index is 0.226. The molecule has 1 aromatic rings. The Morgan fingerprint density at radius 2 is 2.27 bits per heavy atom. The molecule has 11 heavy (non-hydrogen) atoms. The number of carbonyl (C=O) groups excluding carboxylic acids is 1. The predicted octanol–water partition coefficient (Wildman–Crippen LogP) is 2.38. The summed E-state index contributed by atoms with van der Waals surface area (Å²) in [4.78, 5) is 11.2. The third-order valence-corrected chi connectivity index (χ3v) is 2.78. The second-order valence-electron chi connectivity index (χ2n) is 2.74. The molecular weight excluding hydrogens is 156 g/mol. The van der Waals surface area contributed by atoms with Gasteiger partial charge in [0.15, 0.2) is 0 Å². The summed E-state index contributed by atoms with van der Waals surface area (Å²) in [5.74, 6) is 0.856. The van der Waals surface area contributed by atoms with E-state index in [4.69, 9.17) is 0 Å². The van der Waals surface area contributed by atoms with Crippen molar-refractivity contribution in [2.45, 2.75) is 12.7 Å². The second-order valence-corrected chi connectivity index (χ2v) is 3.68. The summed E-state index contributed by atoms with van der Waals surface area (Å²) in [5, 5.41) is 0.226. The number of aryl methyl sites for hydroxylation is 1. The van der Waals surface area contributed by atoms with Gasteiger partial charge in [0.2, 0.25) is 5.12 Å². The maximum atomic E-state index is 11.2. The molecule has 0 atom stereocenters. The van der Waals surface area contributed by atoms with Crippen LogP contribution in [-0.4, -0.2) is 5.12 Å². The topological polar surface area (TPSA) is 17.1 Å². The highest BCUT2D eigenvalue weighted by atomic mass is 32.2. The van der Waals surface area contributed by atoms with Gasteiger partial charge in [-0.05, 0) is 18.6 Å². The maximum absolute atomic E-state index is 11.2. The molecule has 0 radical (unpaired) electrons. The van der Waals surface area contributed by atoms with E-state index in [9.17, 15) is 4.79 Å². The molecule has 1 aliphatic rings. The summed E-state index contributed by atoms with van der Waals surface area (Å²) >= 11 is 1.40. The first-order valence-corrected chi connectivity index (χ1v) is 4.52. The fourth-order valence-corrected chi connectivity index (χ4v) is 2.11. The van der Waals surface area contributed by atoms with Crippen LogP contribution in [0.2, 0.25) is 0 Å². The van der Waals surface area contributed by atoms with Crippen LogP contribution in [0.5, 0.6) is 0 Å². The number of thioether (sulfide) groups is 1. The Labute approximate surface area is 69.8 Å². The third kappa shape index (κ3) is 1.07. The summed E-state index contributed by atoms with van der Waals surface area (Å²) in [6.07, 6.45) is 0. The number of hydrogen-bond acceptors (Lipinski definition) is 2. The van der Waals surface area contributed by atoms with Gasteiger partial charge in [0, 0.05) is 11.3 Å². The van der Waals surface area contributed by atoms with E-state index in [2.05, 4.69) is 6.07 Å². The summed E-state index contributed by atoms with van der Waals surface area (Å²) < 4.78 is 0. The average molecular weight is 164 g/mol. The van der Waals surface area contributed by atoms with E-state index in [1.165, 1.54) is 22.9 Å². The molecule has 0 aliphatic carbocycles. The van der Waals surface area contributed by atoms with Gasteiger partial charge in [0.1, 0.15) is 0 Å². The Hall–Kier alpha value is -0.760. The van der Waals surface area contributed by atoms with Crippen LogP contribution in [0, 0.1) is 6.92 Å². The smallest absolute Gasteiger partial charge is 0.219 e. The minimum absolute atomic E-state index is 0.226. The second kappa shape index (κ2) is 2.38. The lowest BCUT2D eigenvalue weighted by Crippen LogP contribution is -1.88. The molecule has 0 saturated heterocycles.